The minimum Gasteiger partial charge on any atom is -0.497 e. The van der Waals surface area contributed by atoms with Gasteiger partial charge in [0.05, 0.1) is 19.5 Å². The molecule has 1 heterocycles. The number of ether oxygens (including phenoxy) is 2. The number of hydrogen-bond acceptors (Lipinski definition) is 4. The SMILES string of the molecule is COc1cc(OC)cc(-c2cc(CBr)on2)c1. The van der Waals surface area contributed by atoms with E-state index in [2.05, 4.69) is 21.1 Å². The molecular formula is C12H12BrNO3. The summed E-state index contributed by atoms with van der Waals surface area (Å²) in [4.78, 5) is 0. The number of alkyl halides is 1. The van der Waals surface area contributed by atoms with Crippen molar-refractivity contribution in [3.63, 3.8) is 0 Å². The molecule has 0 aliphatic heterocycles. The van der Waals surface area contributed by atoms with Gasteiger partial charge in [-0.25, -0.2) is 0 Å². The summed E-state index contributed by atoms with van der Waals surface area (Å²) in [6.45, 7) is 0. The summed E-state index contributed by atoms with van der Waals surface area (Å²) in [5.41, 5.74) is 1.66. The third kappa shape index (κ3) is 2.61. The summed E-state index contributed by atoms with van der Waals surface area (Å²) in [6, 6.07) is 7.47. The van der Waals surface area contributed by atoms with E-state index in [0.717, 1.165) is 28.5 Å². The van der Waals surface area contributed by atoms with E-state index in [1.807, 2.05) is 24.3 Å². The predicted octanol–water partition coefficient (Wildman–Crippen LogP) is 3.25. The molecule has 0 aliphatic carbocycles. The minimum atomic E-state index is 0.640. The van der Waals surface area contributed by atoms with Gasteiger partial charge in [-0.1, -0.05) is 21.1 Å². The van der Waals surface area contributed by atoms with Gasteiger partial charge in [0.2, 0.25) is 0 Å². The molecule has 0 fully saturated rings. The van der Waals surface area contributed by atoms with Crippen LogP contribution in [0.4, 0.5) is 0 Å². The summed E-state index contributed by atoms with van der Waals surface area (Å²) in [5, 5.41) is 4.63. The second kappa shape index (κ2) is 5.23. The third-order valence-electron chi connectivity index (χ3n) is 2.34. The molecule has 0 aliphatic rings. The van der Waals surface area contributed by atoms with Gasteiger partial charge in [0.25, 0.3) is 0 Å². The molecule has 0 amide bonds. The summed E-state index contributed by atoms with van der Waals surface area (Å²) in [5.74, 6) is 2.23. The molecule has 17 heavy (non-hydrogen) atoms. The predicted molar refractivity (Wildman–Crippen MR) is 67.7 cm³/mol. The van der Waals surface area contributed by atoms with Crippen LogP contribution in [0.5, 0.6) is 11.5 Å². The second-order valence-electron chi connectivity index (χ2n) is 3.41. The van der Waals surface area contributed by atoms with Crippen molar-refractivity contribution in [1.82, 2.24) is 5.16 Å². The Morgan fingerprint density at radius 1 is 1.12 bits per heavy atom. The first kappa shape index (κ1) is 12.0. The van der Waals surface area contributed by atoms with E-state index < -0.39 is 0 Å². The molecule has 0 atom stereocenters. The van der Waals surface area contributed by atoms with Gasteiger partial charge >= 0.3 is 0 Å². The third-order valence-corrected chi connectivity index (χ3v) is 2.89. The number of aromatic nitrogens is 1. The van der Waals surface area contributed by atoms with Crippen molar-refractivity contribution < 1.29 is 14.0 Å². The summed E-state index contributed by atoms with van der Waals surface area (Å²) in [7, 11) is 3.23. The van der Waals surface area contributed by atoms with Gasteiger partial charge in [0.15, 0.2) is 0 Å². The molecular weight excluding hydrogens is 286 g/mol. The van der Waals surface area contributed by atoms with Crippen LogP contribution in [0.25, 0.3) is 11.3 Å². The van der Waals surface area contributed by atoms with Crippen LogP contribution in [0.3, 0.4) is 0 Å². The van der Waals surface area contributed by atoms with E-state index in [1.54, 1.807) is 14.2 Å². The molecule has 0 N–H and O–H groups in total. The number of nitrogens with zero attached hydrogens (tertiary/aromatic N) is 1. The fourth-order valence-electron chi connectivity index (χ4n) is 1.47. The maximum atomic E-state index is 5.20. The summed E-state index contributed by atoms with van der Waals surface area (Å²) >= 11 is 3.32. The Labute approximate surface area is 108 Å². The highest BCUT2D eigenvalue weighted by atomic mass is 79.9. The molecule has 2 rings (SSSR count). The maximum absolute atomic E-state index is 5.20. The van der Waals surface area contributed by atoms with Crippen LogP contribution >= 0.6 is 15.9 Å². The Bertz CT molecular complexity index is 488. The number of hydrogen-bond donors (Lipinski definition) is 0. The Hall–Kier alpha value is -1.49. The quantitative estimate of drug-likeness (QED) is 0.813. The van der Waals surface area contributed by atoms with Crippen LogP contribution in [0, 0.1) is 0 Å². The van der Waals surface area contributed by atoms with Crippen LogP contribution in [0.1, 0.15) is 5.76 Å². The van der Waals surface area contributed by atoms with Gasteiger partial charge in [0, 0.05) is 17.7 Å². The lowest BCUT2D eigenvalue weighted by atomic mass is 10.1. The van der Waals surface area contributed by atoms with E-state index in [4.69, 9.17) is 14.0 Å². The van der Waals surface area contributed by atoms with Crippen molar-refractivity contribution >= 4 is 15.9 Å². The molecule has 5 heteroatoms. The summed E-state index contributed by atoms with van der Waals surface area (Å²) < 4.78 is 15.5. The molecule has 0 saturated carbocycles. The average molecular weight is 298 g/mol. The van der Waals surface area contributed by atoms with Crippen molar-refractivity contribution in [2.24, 2.45) is 0 Å². The standard InChI is InChI=1S/C12H12BrNO3/c1-15-9-3-8(4-10(5-9)16-2)12-6-11(7-13)17-14-12/h3-6H,7H2,1-2H3. The van der Waals surface area contributed by atoms with Crippen molar-refractivity contribution in [1.29, 1.82) is 0 Å². The molecule has 1 aromatic heterocycles. The Balaban J connectivity index is 2.43. The van der Waals surface area contributed by atoms with Gasteiger partial charge in [-0.3, -0.25) is 0 Å². The Morgan fingerprint density at radius 2 is 1.76 bits per heavy atom. The lowest BCUT2D eigenvalue weighted by Crippen LogP contribution is -1.88. The maximum Gasteiger partial charge on any atom is 0.147 e. The first-order valence-electron chi connectivity index (χ1n) is 5.02. The number of halogens is 1. The van der Waals surface area contributed by atoms with Crippen molar-refractivity contribution in [2.45, 2.75) is 5.33 Å². The van der Waals surface area contributed by atoms with Gasteiger partial charge < -0.3 is 14.0 Å². The smallest absolute Gasteiger partial charge is 0.147 e. The van der Waals surface area contributed by atoms with Crippen LogP contribution in [0.15, 0.2) is 28.8 Å². The molecule has 0 radical (unpaired) electrons. The fraction of sp³-hybridized carbons (Fsp3) is 0.250. The van der Waals surface area contributed by atoms with Gasteiger partial charge in [-0.15, -0.1) is 0 Å². The van der Waals surface area contributed by atoms with Gasteiger partial charge in [0.1, 0.15) is 23.0 Å². The zero-order valence-corrected chi connectivity index (χ0v) is 11.2. The molecule has 4 nitrogen and oxygen atoms in total. The van der Waals surface area contributed by atoms with Crippen LogP contribution < -0.4 is 9.47 Å². The minimum absolute atomic E-state index is 0.640. The number of rotatable bonds is 4. The molecule has 1 aromatic carbocycles. The lowest BCUT2D eigenvalue weighted by Gasteiger charge is -2.06. The van der Waals surface area contributed by atoms with Crippen molar-refractivity contribution in [2.75, 3.05) is 14.2 Å². The highest BCUT2D eigenvalue weighted by molar-refractivity contribution is 9.08. The molecule has 90 valence electrons. The van der Waals surface area contributed by atoms with Crippen molar-refractivity contribution in [3.05, 3.63) is 30.0 Å². The van der Waals surface area contributed by atoms with Gasteiger partial charge in [-0.05, 0) is 12.1 Å². The average Bonchev–Trinajstić information content (AvgIpc) is 2.86. The molecule has 0 unspecified atom stereocenters. The highest BCUT2D eigenvalue weighted by Crippen LogP contribution is 2.29. The Morgan fingerprint density at radius 3 is 2.24 bits per heavy atom. The van der Waals surface area contributed by atoms with E-state index in [-0.39, 0.29) is 0 Å². The Kier molecular flexibility index (Phi) is 3.68. The normalized spacial score (nSPS) is 10.3. The summed E-state index contributed by atoms with van der Waals surface area (Å²) in [6.07, 6.45) is 0. The lowest BCUT2D eigenvalue weighted by molar-refractivity contribution is 0.393. The molecule has 2 aromatic rings. The largest absolute Gasteiger partial charge is 0.497 e. The van der Waals surface area contributed by atoms with Gasteiger partial charge in [-0.2, -0.15) is 0 Å². The molecule has 0 bridgehead atoms. The van der Waals surface area contributed by atoms with Crippen LogP contribution in [-0.2, 0) is 5.33 Å². The van der Waals surface area contributed by atoms with E-state index >= 15 is 0 Å². The molecule has 0 spiro atoms. The van der Waals surface area contributed by atoms with E-state index in [0.29, 0.717) is 5.33 Å². The van der Waals surface area contributed by atoms with Crippen LogP contribution in [-0.4, -0.2) is 19.4 Å². The number of benzene rings is 1. The second-order valence-corrected chi connectivity index (χ2v) is 3.97. The molecule has 0 saturated heterocycles. The number of methoxy groups -OCH3 is 2. The zero-order chi connectivity index (χ0) is 12.3. The fourth-order valence-corrected chi connectivity index (χ4v) is 1.73. The van der Waals surface area contributed by atoms with E-state index in [9.17, 15) is 0 Å². The van der Waals surface area contributed by atoms with Crippen molar-refractivity contribution in [3.8, 4) is 22.8 Å². The highest BCUT2D eigenvalue weighted by Gasteiger charge is 2.09. The monoisotopic (exact) mass is 297 g/mol. The first-order valence-corrected chi connectivity index (χ1v) is 6.14. The van der Waals surface area contributed by atoms with Crippen LogP contribution in [0.2, 0.25) is 0 Å². The first-order chi connectivity index (χ1) is 8.26. The zero-order valence-electron chi connectivity index (χ0n) is 9.57. The topological polar surface area (TPSA) is 44.5 Å². The van der Waals surface area contributed by atoms with E-state index in [1.165, 1.54) is 0 Å².